The first-order valence-corrected chi connectivity index (χ1v) is 7.51. The van der Waals surface area contributed by atoms with Crippen LogP contribution in [0.2, 0.25) is 0 Å². The molecule has 2 rings (SSSR count). The number of nitrogens with zero attached hydrogens (tertiary/aromatic N) is 3. The molecule has 0 saturated carbocycles. The zero-order valence-electron chi connectivity index (χ0n) is 11.3. The lowest BCUT2D eigenvalue weighted by Crippen LogP contribution is -2.51. The van der Waals surface area contributed by atoms with Gasteiger partial charge < -0.3 is 5.32 Å². The van der Waals surface area contributed by atoms with Gasteiger partial charge in [-0.05, 0) is 20.8 Å². The molecular formula is C11H20N4O2S. The van der Waals surface area contributed by atoms with E-state index >= 15 is 0 Å². The fourth-order valence-corrected chi connectivity index (χ4v) is 4.30. The number of rotatable bonds is 2. The van der Waals surface area contributed by atoms with Crippen molar-refractivity contribution < 1.29 is 8.42 Å². The number of piperazine rings is 1. The monoisotopic (exact) mass is 272 g/mol. The highest BCUT2D eigenvalue weighted by Crippen LogP contribution is 2.23. The summed E-state index contributed by atoms with van der Waals surface area (Å²) in [6.07, 6.45) is 0. The average molecular weight is 272 g/mol. The Bertz CT molecular complexity index is 550. The molecular weight excluding hydrogens is 252 g/mol. The number of hydrogen-bond donors (Lipinski definition) is 1. The molecule has 0 aliphatic carbocycles. The highest BCUT2D eigenvalue weighted by molar-refractivity contribution is 7.89. The summed E-state index contributed by atoms with van der Waals surface area (Å²) in [6.45, 7) is 7.24. The molecule has 1 aliphatic heterocycles. The van der Waals surface area contributed by atoms with E-state index in [1.165, 1.54) is 0 Å². The zero-order chi connectivity index (χ0) is 13.5. The van der Waals surface area contributed by atoms with Gasteiger partial charge in [0.2, 0.25) is 10.0 Å². The molecule has 0 aromatic carbocycles. The third kappa shape index (κ3) is 2.17. The lowest BCUT2D eigenvalue weighted by atomic mass is 10.3. The van der Waals surface area contributed by atoms with Gasteiger partial charge in [0, 0.05) is 32.7 Å². The summed E-state index contributed by atoms with van der Waals surface area (Å²) in [5.41, 5.74) is 1.26. The number of aromatic nitrogens is 2. The van der Waals surface area contributed by atoms with E-state index in [1.54, 1.807) is 29.9 Å². The Balaban J connectivity index is 2.42. The predicted octanol–water partition coefficient (Wildman–Crippen LogP) is 0.0193. The van der Waals surface area contributed by atoms with Gasteiger partial charge in [-0.1, -0.05) is 0 Å². The molecule has 0 spiro atoms. The van der Waals surface area contributed by atoms with Crippen LogP contribution in [0.5, 0.6) is 0 Å². The lowest BCUT2D eigenvalue weighted by molar-refractivity contribution is 0.310. The quantitative estimate of drug-likeness (QED) is 0.824. The average Bonchev–Trinajstić information content (AvgIpc) is 2.53. The molecule has 6 nitrogen and oxygen atoms in total. The molecule has 0 bridgehead atoms. The second kappa shape index (κ2) is 4.64. The van der Waals surface area contributed by atoms with Crippen LogP contribution in [-0.2, 0) is 17.1 Å². The highest BCUT2D eigenvalue weighted by atomic mass is 32.2. The van der Waals surface area contributed by atoms with Crippen molar-refractivity contribution in [1.29, 1.82) is 0 Å². The predicted molar refractivity (Wildman–Crippen MR) is 68.9 cm³/mol. The van der Waals surface area contributed by atoms with Crippen molar-refractivity contribution >= 4 is 10.0 Å². The number of hydrogen-bond acceptors (Lipinski definition) is 4. The number of sulfonamides is 1. The molecule has 1 aliphatic rings. The minimum atomic E-state index is -3.43. The standard InChI is InChI=1S/C11H20N4O2S/c1-8-7-15(6-5-12-8)18(16,17)11-9(2)13-14(4)10(11)3/h8,12H,5-7H2,1-4H3. The topological polar surface area (TPSA) is 67.2 Å². The minimum Gasteiger partial charge on any atom is -0.312 e. The van der Waals surface area contributed by atoms with Crippen LogP contribution in [-0.4, -0.2) is 48.2 Å². The van der Waals surface area contributed by atoms with E-state index in [4.69, 9.17) is 0 Å². The van der Waals surface area contributed by atoms with Crippen molar-refractivity contribution in [1.82, 2.24) is 19.4 Å². The molecule has 0 radical (unpaired) electrons. The first-order valence-electron chi connectivity index (χ1n) is 6.07. The minimum absolute atomic E-state index is 0.186. The molecule has 1 saturated heterocycles. The molecule has 0 amide bonds. The molecule has 18 heavy (non-hydrogen) atoms. The third-order valence-corrected chi connectivity index (χ3v) is 5.49. The fraction of sp³-hybridized carbons (Fsp3) is 0.727. The Morgan fingerprint density at radius 1 is 1.39 bits per heavy atom. The molecule has 2 heterocycles. The third-order valence-electron chi connectivity index (χ3n) is 3.37. The second-order valence-corrected chi connectivity index (χ2v) is 6.72. The van der Waals surface area contributed by atoms with Crippen molar-refractivity contribution in [2.45, 2.75) is 31.7 Å². The summed E-state index contributed by atoms with van der Waals surface area (Å²) in [5.74, 6) is 0. The SMILES string of the molecule is Cc1nn(C)c(C)c1S(=O)(=O)N1CCNC(C)C1. The maximum absolute atomic E-state index is 12.6. The van der Waals surface area contributed by atoms with Crippen LogP contribution in [0.15, 0.2) is 4.90 Å². The maximum atomic E-state index is 12.6. The number of aryl methyl sites for hydroxylation is 2. The van der Waals surface area contributed by atoms with E-state index in [0.717, 1.165) is 0 Å². The summed E-state index contributed by atoms with van der Waals surface area (Å²) < 4.78 is 28.4. The molecule has 1 N–H and O–H groups in total. The van der Waals surface area contributed by atoms with Crippen molar-refractivity contribution in [2.75, 3.05) is 19.6 Å². The van der Waals surface area contributed by atoms with Gasteiger partial charge in [0.05, 0.1) is 11.4 Å². The van der Waals surface area contributed by atoms with Gasteiger partial charge in [0.15, 0.2) is 0 Å². The Labute approximate surface area is 108 Å². The van der Waals surface area contributed by atoms with Gasteiger partial charge in [0.25, 0.3) is 0 Å². The lowest BCUT2D eigenvalue weighted by Gasteiger charge is -2.31. The Kier molecular flexibility index (Phi) is 3.48. The molecule has 1 unspecified atom stereocenters. The second-order valence-electron chi connectivity index (χ2n) is 4.84. The van der Waals surface area contributed by atoms with Crippen LogP contribution in [0.4, 0.5) is 0 Å². The Morgan fingerprint density at radius 3 is 2.56 bits per heavy atom. The summed E-state index contributed by atoms with van der Waals surface area (Å²) in [5, 5.41) is 7.43. The molecule has 1 atom stereocenters. The van der Waals surface area contributed by atoms with Crippen molar-refractivity contribution in [3.63, 3.8) is 0 Å². The Morgan fingerprint density at radius 2 is 2.06 bits per heavy atom. The van der Waals surface area contributed by atoms with Gasteiger partial charge in [-0.15, -0.1) is 0 Å². The molecule has 1 fully saturated rings. The van der Waals surface area contributed by atoms with Gasteiger partial charge in [0.1, 0.15) is 4.90 Å². The van der Waals surface area contributed by atoms with Gasteiger partial charge in [-0.2, -0.15) is 9.40 Å². The van der Waals surface area contributed by atoms with Crippen LogP contribution in [0.25, 0.3) is 0 Å². The van der Waals surface area contributed by atoms with Crippen LogP contribution >= 0.6 is 0 Å². The first kappa shape index (κ1) is 13.5. The highest BCUT2D eigenvalue weighted by Gasteiger charge is 2.32. The fourth-order valence-electron chi connectivity index (χ4n) is 2.37. The maximum Gasteiger partial charge on any atom is 0.246 e. The molecule has 1 aromatic heterocycles. The Hall–Kier alpha value is -0.920. The van der Waals surface area contributed by atoms with Crippen LogP contribution in [0, 0.1) is 13.8 Å². The zero-order valence-corrected chi connectivity index (χ0v) is 12.1. The van der Waals surface area contributed by atoms with Gasteiger partial charge >= 0.3 is 0 Å². The van der Waals surface area contributed by atoms with Crippen LogP contribution < -0.4 is 5.32 Å². The van der Waals surface area contributed by atoms with E-state index < -0.39 is 10.0 Å². The largest absolute Gasteiger partial charge is 0.312 e. The smallest absolute Gasteiger partial charge is 0.246 e. The molecule has 7 heteroatoms. The van der Waals surface area contributed by atoms with Crippen molar-refractivity contribution in [3.8, 4) is 0 Å². The van der Waals surface area contributed by atoms with E-state index in [9.17, 15) is 8.42 Å². The van der Waals surface area contributed by atoms with Crippen molar-refractivity contribution in [3.05, 3.63) is 11.4 Å². The summed E-state index contributed by atoms with van der Waals surface area (Å²) in [7, 11) is -1.66. The van der Waals surface area contributed by atoms with E-state index in [0.29, 0.717) is 35.9 Å². The van der Waals surface area contributed by atoms with Crippen molar-refractivity contribution in [2.24, 2.45) is 7.05 Å². The van der Waals surface area contributed by atoms with Gasteiger partial charge in [-0.3, -0.25) is 4.68 Å². The van der Waals surface area contributed by atoms with Crippen LogP contribution in [0.3, 0.4) is 0 Å². The number of nitrogens with one attached hydrogen (secondary N) is 1. The van der Waals surface area contributed by atoms with E-state index in [2.05, 4.69) is 10.4 Å². The molecule has 102 valence electrons. The van der Waals surface area contributed by atoms with Crippen LogP contribution in [0.1, 0.15) is 18.3 Å². The summed E-state index contributed by atoms with van der Waals surface area (Å²) in [4.78, 5) is 0.360. The van der Waals surface area contributed by atoms with Gasteiger partial charge in [-0.25, -0.2) is 8.42 Å². The van der Waals surface area contributed by atoms with E-state index in [1.807, 2.05) is 6.92 Å². The van der Waals surface area contributed by atoms with E-state index in [-0.39, 0.29) is 6.04 Å². The normalized spacial score (nSPS) is 22.3. The first-order chi connectivity index (χ1) is 8.34. The molecule has 1 aromatic rings. The summed E-state index contributed by atoms with van der Waals surface area (Å²) >= 11 is 0. The summed E-state index contributed by atoms with van der Waals surface area (Å²) in [6, 6.07) is 0.186.